The van der Waals surface area contributed by atoms with Crippen molar-refractivity contribution >= 4 is 12.0 Å². The number of aliphatic hydroxyl groups is 1. The molecule has 0 aliphatic carbocycles. The van der Waals surface area contributed by atoms with Crippen LogP contribution < -0.4 is 10.1 Å². The maximum Gasteiger partial charge on any atom is 0.244 e. The van der Waals surface area contributed by atoms with Crippen LogP contribution in [0.1, 0.15) is 32.8 Å². The number of aliphatic hydroxyl groups excluding tert-OH is 1. The number of ether oxygens (including phenoxy) is 1. The zero-order valence-electron chi connectivity index (χ0n) is 13.2. The third-order valence-electron chi connectivity index (χ3n) is 3.33. The van der Waals surface area contributed by atoms with Crippen LogP contribution in [0.5, 0.6) is 5.75 Å². The van der Waals surface area contributed by atoms with Crippen molar-refractivity contribution in [2.75, 3.05) is 13.7 Å². The highest BCUT2D eigenvalue weighted by atomic mass is 16.5. The second kappa shape index (κ2) is 7.84. The Balaban J connectivity index is 2.74. The summed E-state index contributed by atoms with van der Waals surface area (Å²) < 4.78 is 5.24. The highest BCUT2D eigenvalue weighted by molar-refractivity contribution is 5.92. The number of nitrogens with one attached hydrogen (secondary N) is 1. The summed E-state index contributed by atoms with van der Waals surface area (Å²) in [6.07, 6.45) is 3.76. The SMILES string of the molecule is COc1ccccc1/C=C/C(=O)NC(CCO)C(C)(C)C. The highest BCUT2D eigenvalue weighted by Gasteiger charge is 2.24. The number of carbonyl (C=O) groups is 1. The summed E-state index contributed by atoms with van der Waals surface area (Å²) in [7, 11) is 1.60. The predicted octanol–water partition coefficient (Wildman–Crippen LogP) is 2.62. The van der Waals surface area contributed by atoms with Crippen molar-refractivity contribution < 1.29 is 14.6 Å². The molecule has 0 fully saturated rings. The number of hydrogen-bond acceptors (Lipinski definition) is 3. The van der Waals surface area contributed by atoms with Crippen molar-refractivity contribution in [3.63, 3.8) is 0 Å². The molecular weight excluding hydrogens is 266 g/mol. The van der Waals surface area contributed by atoms with Gasteiger partial charge in [0.15, 0.2) is 0 Å². The van der Waals surface area contributed by atoms with Gasteiger partial charge in [-0.05, 0) is 24.0 Å². The van der Waals surface area contributed by atoms with Crippen LogP contribution >= 0.6 is 0 Å². The molecule has 0 radical (unpaired) electrons. The Hall–Kier alpha value is -1.81. The van der Waals surface area contributed by atoms with Gasteiger partial charge in [0.25, 0.3) is 0 Å². The minimum atomic E-state index is -0.172. The number of benzene rings is 1. The minimum Gasteiger partial charge on any atom is -0.496 e. The van der Waals surface area contributed by atoms with E-state index in [9.17, 15) is 4.79 Å². The van der Waals surface area contributed by atoms with E-state index in [0.29, 0.717) is 6.42 Å². The van der Waals surface area contributed by atoms with Gasteiger partial charge < -0.3 is 15.2 Å². The first kappa shape index (κ1) is 17.2. The molecule has 4 nitrogen and oxygen atoms in total. The molecule has 2 N–H and O–H groups in total. The molecular formula is C17H25NO3. The number of carbonyl (C=O) groups excluding carboxylic acids is 1. The van der Waals surface area contributed by atoms with E-state index in [4.69, 9.17) is 9.84 Å². The normalized spacial score (nSPS) is 13.2. The highest BCUT2D eigenvalue weighted by Crippen LogP contribution is 2.22. The van der Waals surface area contributed by atoms with Gasteiger partial charge in [0.1, 0.15) is 5.75 Å². The van der Waals surface area contributed by atoms with E-state index in [1.54, 1.807) is 13.2 Å². The Kier molecular flexibility index (Phi) is 6.43. The molecule has 4 heteroatoms. The van der Waals surface area contributed by atoms with Gasteiger partial charge in [-0.2, -0.15) is 0 Å². The standard InChI is InChI=1S/C17H25NO3/c1-17(2,3)15(11-12-19)18-16(20)10-9-13-7-5-6-8-14(13)21-4/h5-10,15,19H,11-12H2,1-4H3,(H,18,20)/b10-9+. The lowest BCUT2D eigenvalue weighted by atomic mass is 9.85. The Morgan fingerprint density at radius 3 is 2.62 bits per heavy atom. The van der Waals surface area contributed by atoms with E-state index in [0.717, 1.165) is 11.3 Å². The van der Waals surface area contributed by atoms with E-state index in [1.165, 1.54) is 6.08 Å². The average Bonchev–Trinajstić information content (AvgIpc) is 2.44. The first-order valence-corrected chi connectivity index (χ1v) is 7.11. The number of hydrogen-bond donors (Lipinski definition) is 2. The first-order chi connectivity index (χ1) is 9.88. The fourth-order valence-electron chi connectivity index (χ4n) is 2.04. The molecule has 116 valence electrons. The van der Waals surface area contributed by atoms with Gasteiger partial charge >= 0.3 is 0 Å². The quantitative estimate of drug-likeness (QED) is 0.792. The van der Waals surface area contributed by atoms with Gasteiger partial charge in [-0.25, -0.2) is 0 Å². The molecule has 0 aliphatic heterocycles. The van der Waals surface area contributed by atoms with Gasteiger partial charge in [0.05, 0.1) is 7.11 Å². The van der Waals surface area contributed by atoms with Gasteiger partial charge in [-0.15, -0.1) is 0 Å². The molecule has 1 atom stereocenters. The van der Waals surface area contributed by atoms with Crippen molar-refractivity contribution in [3.05, 3.63) is 35.9 Å². The van der Waals surface area contributed by atoms with Gasteiger partial charge in [0, 0.05) is 24.3 Å². The molecule has 21 heavy (non-hydrogen) atoms. The van der Waals surface area contributed by atoms with Crippen molar-refractivity contribution in [3.8, 4) is 5.75 Å². The van der Waals surface area contributed by atoms with Crippen molar-refractivity contribution in [2.45, 2.75) is 33.2 Å². The number of rotatable bonds is 6. The first-order valence-electron chi connectivity index (χ1n) is 7.11. The average molecular weight is 291 g/mol. The molecule has 1 amide bonds. The largest absolute Gasteiger partial charge is 0.496 e. The fraction of sp³-hybridized carbons (Fsp3) is 0.471. The van der Waals surface area contributed by atoms with E-state index >= 15 is 0 Å². The molecule has 0 aromatic heterocycles. The third-order valence-corrected chi connectivity index (χ3v) is 3.33. The summed E-state index contributed by atoms with van der Waals surface area (Å²) in [6.45, 7) is 6.17. The lowest BCUT2D eigenvalue weighted by Gasteiger charge is -2.30. The second-order valence-electron chi connectivity index (χ2n) is 6.01. The molecule has 0 saturated heterocycles. The van der Waals surface area contributed by atoms with Crippen LogP contribution in [0, 0.1) is 5.41 Å². The van der Waals surface area contributed by atoms with Crippen LogP contribution in [0.2, 0.25) is 0 Å². The third kappa shape index (κ3) is 5.60. The summed E-state index contributed by atoms with van der Waals surface area (Å²) in [5.41, 5.74) is 0.751. The predicted molar refractivity (Wildman–Crippen MR) is 85.1 cm³/mol. The van der Waals surface area contributed by atoms with Crippen molar-refractivity contribution in [1.82, 2.24) is 5.32 Å². The molecule has 1 aromatic carbocycles. The van der Waals surface area contributed by atoms with Crippen LogP contribution in [0.3, 0.4) is 0 Å². The van der Waals surface area contributed by atoms with Gasteiger partial charge in [-0.3, -0.25) is 4.79 Å². The second-order valence-corrected chi connectivity index (χ2v) is 6.01. The molecule has 1 rings (SSSR count). The maximum atomic E-state index is 12.0. The maximum absolute atomic E-state index is 12.0. The summed E-state index contributed by atoms with van der Waals surface area (Å²) in [4.78, 5) is 12.0. The molecule has 1 aromatic rings. The topological polar surface area (TPSA) is 58.6 Å². The summed E-state index contributed by atoms with van der Waals surface area (Å²) >= 11 is 0. The summed E-state index contributed by atoms with van der Waals surface area (Å²) in [6, 6.07) is 7.44. The van der Waals surface area contributed by atoms with Crippen molar-refractivity contribution in [2.24, 2.45) is 5.41 Å². The Labute approximate surface area is 126 Å². The van der Waals surface area contributed by atoms with Crippen LogP contribution in [-0.4, -0.2) is 30.8 Å². The van der Waals surface area contributed by atoms with Crippen LogP contribution in [0.25, 0.3) is 6.08 Å². The van der Waals surface area contributed by atoms with E-state index in [2.05, 4.69) is 5.32 Å². The number of amides is 1. The molecule has 0 heterocycles. The number of para-hydroxylation sites is 1. The van der Waals surface area contributed by atoms with E-state index < -0.39 is 0 Å². The monoisotopic (exact) mass is 291 g/mol. The van der Waals surface area contributed by atoms with Crippen molar-refractivity contribution in [1.29, 1.82) is 0 Å². The molecule has 0 spiro atoms. The molecule has 1 unspecified atom stereocenters. The smallest absolute Gasteiger partial charge is 0.244 e. The van der Waals surface area contributed by atoms with E-state index in [-0.39, 0.29) is 24.0 Å². The fourth-order valence-corrected chi connectivity index (χ4v) is 2.04. The summed E-state index contributed by atoms with van der Waals surface area (Å²) in [5, 5.41) is 12.0. The van der Waals surface area contributed by atoms with Gasteiger partial charge in [0.2, 0.25) is 5.91 Å². The van der Waals surface area contributed by atoms with E-state index in [1.807, 2.05) is 45.0 Å². The minimum absolute atomic E-state index is 0.0540. The molecule has 0 aliphatic rings. The van der Waals surface area contributed by atoms with Crippen LogP contribution in [0.15, 0.2) is 30.3 Å². The lowest BCUT2D eigenvalue weighted by Crippen LogP contribution is -2.43. The van der Waals surface area contributed by atoms with Crippen LogP contribution in [0.4, 0.5) is 0 Å². The molecule has 0 saturated carbocycles. The Morgan fingerprint density at radius 1 is 1.38 bits per heavy atom. The summed E-state index contributed by atoms with van der Waals surface area (Å²) in [5.74, 6) is 0.554. The Bertz CT molecular complexity index is 489. The zero-order valence-corrected chi connectivity index (χ0v) is 13.2. The lowest BCUT2D eigenvalue weighted by molar-refractivity contribution is -0.118. The number of methoxy groups -OCH3 is 1. The van der Waals surface area contributed by atoms with Crippen LogP contribution in [-0.2, 0) is 4.79 Å². The van der Waals surface area contributed by atoms with Gasteiger partial charge in [-0.1, -0.05) is 39.0 Å². The zero-order chi connectivity index (χ0) is 15.9. The molecule has 0 bridgehead atoms. The Morgan fingerprint density at radius 2 is 2.05 bits per heavy atom.